The van der Waals surface area contributed by atoms with Crippen LogP contribution in [0.4, 0.5) is 5.69 Å². The maximum atomic E-state index is 11.3. The molecule has 2 N–H and O–H groups in total. The molecular formula is C13H15NO3. The quantitative estimate of drug-likeness (QED) is 0.840. The lowest BCUT2D eigenvalue weighted by Gasteiger charge is -2.38. The molecule has 1 aliphatic rings. The van der Waals surface area contributed by atoms with Gasteiger partial charge >= 0.3 is 5.97 Å². The molecule has 4 nitrogen and oxygen atoms in total. The number of aliphatic carboxylic acids is 1. The molecule has 0 heterocycles. The number of carboxylic acids is 1. The fourth-order valence-electron chi connectivity index (χ4n) is 2.23. The maximum absolute atomic E-state index is 11.3. The Balaban J connectivity index is 2.23. The van der Waals surface area contributed by atoms with Gasteiger partial charge in [-0.2, -0.15) is 0 Å². The molecule has 1 saturated carbocycles. The summed E-state index contributed by atoms with van der Waals surface area (Å²) in [4.78, 5) is 22.2. The lowest BCUT2D eigenvalue weighted by atomic mass is 9.64. The van der Waals surface area contributed by atoms with E-state index < -0.39 is 11.4 Å². The summed E-state index contributed by atoms with van der Waals surface area (Å²) in [6.07, 6.45) is 2.35. The summed E-state index contributed by atoms with van der Waals surface area (Å²) in [5, 5.41) is 11.9. The normalized spacial score (nSPS) is 17.0. The molecule has 2 rings (SSSR count). The Kier molecular flexibility index (Phi) is 2.88. The van der Waals surface area contributed by atoms with E-state index in [1.54, 1.807) is 24.3 Å². The van der Waals surface area contributed by atoms with Crippen LogP contribution in [0.15, 0.2) is 24.3 Å². The minimum absolute atomic E-state index is 0.130. The fourth-order valence-corrected chi connectivity index (χ4v) is 2.23. The van der Waals surface area contributed by atoms with E-state index in [0.717, 1.165) is 12.0 Å². The van der Waals surface area contributed by atoms with Crippen molar-refractivity contribution in [3.8, 4) is 0 Å². The van der Waals surface area contributed by atoms with Crippen LogP contribution in [0.25, 0.3) is 0 Å². The number of anilines is 1. The first-order chi connectivity index (χ1) is 8.04. The monoisotopic (exact) mass is 233 g/mol. The van der Waals surface area contributed by atoms with Crippen LogP contribution in [-0.4, -0.2) is 17.0 Å². The van der Waals surface area contributed by atoms with Gasteiger partial charge in [-0.3, -0.25) is 9.59 Å². The maximum Gasteiger partial charge on any atom is 0.314 e. The molecule has 1 aromatic carbocycles. The van der Waals surface area contributed by atoms with Crippen LogP contribution in [0.5, 0.6) is 0 Å². The Hall–Kier alpha value is -1.84. The summed E-state index contributed by atoms with van der Waals surface area (Å²) in [6.45, 7) is 1.44. The fraction of sp³-hybridized carbons (Fsp3) is 0.385. The van der Waals surface area contributed by atoms with Crippen LogP contribution in [0, 0.1) is 0 Å². The number of hydrogen-bond donors (Lipinski definition) is 2. The van der Waals surface area contributed by atoms with Gasteiger partial charge in [0.15, 0.2) is 0 Å². The molecule has 1 amide bonds. The third-order valence-electron chi connectivity index (χ3n) is 3.37. The van der Waals surface area contributed by atoms with E-state index in [0.29, 0.717) is 18.5 Å². The standard InChI is InChI=1S/C13H15NO3/c1-9(15)14-11-5-3-10(4-6-11)13(12(16)17)7-2-8-13/h3-6H,2,7-8H2,1H3,(H,14,15)(H,16,17). The molecule has 90 valence electrons. The molecule has 0 radical (unpaired) electrons. The molecule has 0 aromatic heterocycles. The number of amides is 1. The summed E-state index contributed by atoms with van der Waals surface area (Å²) in [6, 6.07) is 7.08. The van der Waals surface area contributed by atoms with Gasteiger partial charge in [0.2, 0.25) is 5.91 Å². The van der Waals surface area contributed by atoms with Gasteiger partial charge < -0.3 is 10.4 Å². The SMILES string of the molecule is CC(=O)Nc1ccc(C2(C(=O)O)CCC2)cc1. The Morgan fingerprint density at radius 1 is 1.24 bits per heavy atom. The average Bonchev–Trinajstić information content (AvgIpc) is 2.17. The van der Waals surface area contributed by atoms with Crippen molar-refractivity contribution in [3.63, 3.8) is 0 Å². The van der Waals surface area contributed by atoms with E-state index in [4.69, 9.17) is 0 Å². The summed E-state index contributed by atoms with van der Waals surface area (Å²) < 4.78 is 0. The second-order valence-corrected chi connectivity index (χ2v) is 4.50. The minimum atomic E-state index is -0.754. The molecule has 1 aliphatic carbocycles. The van der Waals surface area contributed by atoms with Crippen LogP contribution < -0.4 is 5.32 Å². The zero-order valence-corrected chi connectivity index (χ0v) is 9.69. The molecule has 0 atom stereocenters. The Morgan fingerprint density at radius 3 is 2.18 bits per heavy atom. The number of nitrogens with one attached hydrogen (secondary N) is 1. The summed E-state index contributed by atoms with van der Waals surface area (Å²) >= 11 is 0. The number of carbonyl (C=O) groups is 2. The van der Waals surface area contributed by atoms with Crippen molar-refractivity contribution >= 4 is 17.6 Å². The van der Waals surface area contributed by atoms with Crippen LogP contribution in [-0.2, 0) is 15.0 Å². The predicted octanol–water partition coefficient (Wildman–Crippen LogP) is 2.15. The highest BCUT2D eigenvalue weighted by Gasteiger charge is 2.45. The van der Waals surface area contributed by atoms with Gasteiger partial charge in [0.1, 0.15) is 0 Å². The third-order valence-corrected chi connectivity index (χ3v) is 3.37. The summed E-state index contributed by atoms with van der Waals surface area (Å²) in [5.74, 6) is -0.884. The first kappa shape index (κ1) is 11.6. The van der Waals surface area contributed by atoms with Gasteiger partial charge in [-0.1, -0.05) is 18.6 Å². The summed E-state index contributed by atoms with van der Waals surface area (Å²) in [7, 11) is 0. The smallest absolute Gasteiger partial charge is 0.314 e. The van der Waals surface area contributed by atoms with E-state index in [1.165, 1.54) is 6.92 Å². The highest BCUT2D eigenvalue weighted by atomic mass is 16.4. The number of carboxylic acid groups (broad SMARTS) is 1. The number of carbonyl (C=O) groups excluding carboxylic acids is 1. The molecule has 0 spiro atoms. The zero-order chi connectivity index (χ0) is 12.5. The highest BCUT2D eigenvalue weighted by molar-refractivity contribution is 5.89. The van der Waals surface area contributed by atoms with Crippen molar-refractivity contribution in [2.75, 3.05) is 5.32 Å². The van der Waals surface area contributed by atoms with Crippen LogP contribution in [0.1, 0.15) is 31.7 Å². The number of rotatable bonds is 3. The topological polar surface area (TPSA) is 66.4 Å². The lowest BCUT2D eigenvalue weighted by molar-refractivity contribution is -0.147. The predicted molar refractivity (Wildman–Crippen MR) is 63.9 cm³/mol. The minimum Gasteiger partial charge on any atom is -0.481 e. The van der Waals surface area contributed by atoms with Crippen molar-refractivity contribution in [1.29, 1.82) is 0 Å². The molecule has 17 heavy (non-hydrogen) atoms. The summed E-state index contributed by atoms with van der Waals surface area (Å²) in [5.41, 5.74) is 0.820. The second-order valence-electron chi connectivity index (χ2n) is 4.50. The lowest BCUT2D eigenvalue weighted by Crippen LogP contribution is -2.42. The van der Waals surface area contributed by atoms with E-state index in [-0.39, 0.29) is 5.91 Å². The van der Waals surface area contributed by atoms with E-state index in [1.807, 2.05) is 0 Å². The van der Waals surface area contributed by atoms with Crippen molar-refractivity contribution in [3.05, 3.63) is 29.8 Å². The van der Waals surface area contributed by atoms with Gasteiger partial charge in [-0.15, -0.1) is 0 Å². The van der Waals surface area contributed by atoms with E-state index >= 15 is 0 Å². The number of hydrogen-bond acceptors (Lipinski definition) is 2. The second kappa shape index (κ2) is 4.20. The molecule has 1 aromatic rings. The van der Waals surface area contributed by atoms with E-state index in [9.17, 15) is 14.7 Å². The van der Waals surface area contributed by atoms with Crippen LogP contribution >= 0.6 is 0 Å². The molecule has 0 bridgehead atoms. The Labute approximate surface area is 99.6 Å². The van der Waals surface area contributed by atoms with Crippen molar-refractivity contribution in [2.24, 2.45) is 0 Å². The van der Waals surface area contributed by atoms with Gasteiger partial charge in [0.25, 0.3) is 0 Å². The van der Waals surface area contributed by atoms with Gasteiger partial charge in [-0.05, 0) is 30.5 Å². The Morgan fingerprint density at radius 2 is 1.82 bits per heavy atom. The van der Waals surface area contributed by atoms with Crippen molar-refractivity contribution in [1.82, 2.24) is 0 Å². The number of benzene rings is 1. The zero-order valence-electron chi connectivity index (χ0n) is 9.69. The highest BCUT2D eigenvalue weighted by Crippen LogP contribution is 2.44. The largest absolute Gasteiger partial charge is 0.481 e. The van der Waals surface area contributed by atoms with Crippen molar-refractivity contribution < 1.29 is 14.7 Å². The molecule has 0 saturated heterocycles. The van der Waals surface area contributed by atoms with E-state index in [2.05, 4.69) is 5.32 Å². The third kappa shape index (κ3) is 2.02. The molecule has 1 fully saturated rings. The molecule has 0 aliphatic heterocycles. The Bertz CT molecular complexity index is 446. The molecular weight excluding hydrogens is 218 g/mol. The van der Waals surface area contributed by atoms with Crippen LogP contribution in [0.3, 0.4) is 0 Å². The average molecular weight is 233 g/mol. The van der Waals surface area contributed by atoms with Crippen molar-refractivity contribution in [2.45, 2.75) is 31.6 Å². The first-order valence-corrected chi connectivity index (χ1v) is 5.66. The van der Waals surface area contributed by atoms with Gasteiger partial charge in [0, 0.05) is 12.6 Å². The molecule has 0 unspecified atom stereocenters. The van der Waals surface area contributed by atoms with Gasteiger partial charge in [-0.25, -0.2) is 0 Å². The first-order valence-electron chi connectivity index (χ1n) is 5.66. The molecule has 4 heteroatoms. The van der Waals surface area contributed by atoms with Crippen LogP contribution in [0.2, 0.25) is 0 Å². The van der Waals surface area contributed by atoms with Gasteiger partial charge in [0.05, 0.1) is 5.41 Å².